The molecule has 4 heteroatoms. The van der Waals surface area contributed by atoms with Crippen LogP contribution in [0.25, 0.3) is 11.1 Å². The minimum Gasteiger partial charge on any atom is -0.485 e. The molecule has 126 valence electrons. The van der Waals surface area contributed by atoms with E-state index in [-0.39, 0.29) is 18.4 Å². The maximum Gasteiger partial charge on any atom is 0.305 e. The van der Waals surface area contributed by atoms with Gasteiger partial charge in [-0.15, -0.1) is 0 Å². The topological polar surface area (TPSA) is 52.6 Å². The largest absolute Gasteiger partial charge is 0.485 e. The van der Waals surface area contributed by atoms with Crippen molar-refractivity contribution in [2.24, 2.45) is 0 Å². The number of benzene rings is 2. The second-order valence-electron chi connectivity index (χ2n) is 5.45. The monoisotopic (exact) mass is 326 g/mol. The number of carbonyl (C=O) groups excluding carboxylic acids is 2. The van der Waals surface area contributed by atoms with Crippen LogP contribution in [0.5, 0.6) is 5.75 Å². The van der Waals surface area contributed by atoms with Crippen LogP contribution in [0, 0.1) is 0 Å². The summed E-state index contributed by atoms with van der Waals surface area (Å²) >= 11 is 0. The van der Waals surface area contributed by atoms with Gasteiger partial charge in [0.1, 0.15) is 12.4 Å². The van der Waals surface area contributed by atoms with E-state index in [4.69, 9.17) is 4.74 Å². The molecule has 0 bridgehead atoms. The maximum absolute atomic E-state index is 11.5. The summed E-state index contributed by atoms with van der Waals surface area (Å²) in [4.78, 5) is 22.9. The first-order chi connectivity index (χ1) is 11.6. The second kappa shape index (κ2) is 8.87. The predicted molar refractivity (Wildman–Crippen MR) is 93.0 cm³/mol. The minimum atomic E-state index is -0.231. The predicted octanol–water partition coefficient (Wildman–Crippen LogP) is 3.82. The molecule has 2 rings (SSSR count). The molecule has 4 nitrogen and oxygen atoms in total. The molecule has 0 spiro atoms. The Morgan fingerprint density at radius 3 is 2.46 bits per heavy atom. The highest BCUT2D eigenvalue weighted by atomic mass is 16.5. The Balaban J connectivity index is 2.26. The SMILES string of the molecule is CCC(=O)COc1ccc(CCC(=O)OC)cc1-c1ccccc1. The van der Waals surface area contributed by atoms with E-state index in [9.17, 15) is 9.59 Å². The van der Waals surface area contributed by atoms with Crippen LogP contribution in [-0.4, -0.2) is 25.5 Å². The van der Waals surface area contributed by atoms with Crippen molar-refractivity contribution in [3.05, 3.63) is 54.1 Å². The Kier molecular flexibility index (Phi) is 6.55. The first kappa shape index (κ1) is 17.7. The number of hydrogen-bond donors (Lipinski definition) is 0. The molecule has 24 heavy (non-hydrogen) atoms. The third-order valence-corrected chi connectivity index (χ3v) is 3.76. The van der Waals surface area contributed by atoms with Gasteiger partial charge in [0.15, 0.2) is 5.78 Å². The van der Waals surface area contributed by atoms with E-state index in [1.54, 1.807) is 0 Å². The molecule has 2 aromatic carbocycles. The minimum absolute atomic E-state index is 0.0591. The van der Waals surface area contributed by atoms with Crippen molar-refractivity contribution < 1.29 is 19.1 Å². The summed E-state index contributed by atoms with van der Waals surface area (Å²) in [5.74, 6) is 0.499. The number of ketones is 1. The van der Waals surface area contributed by atoms with E-state index >= 15 is 0 Å². The number of ether oxygens (including phenoxy) is 2. The summed E-state index contributed by atoms with van der Waals surface area (Å²) in [6, 6.07) is 15.6. The third-order valence-electron chi connectivity index (χ3n) is 3.76. The summed E-state index contributed by atoms with van der Waals surface area (Å²) in [6.45, 7) is 1.89. The van der Waals surface area contributed by atoms with Gasteiger partial charge in [-0.05, 0) is 29.7 Å². The van der Waals surface area contributed by atoms with Crippen LogP contribution < -0.4 is 4.74 Å². The zero-order chi connectivity index (χ0) is 17.4. The molecule has 0 amide bonds. The molecule has 2 aromatic rings. The van der Waals surface area contributed by atoms with Gasteiger partial charge >= 0.3 is 5.97 Å². The van der Waals surface area contributed by atoms with Crippen LogP contribution in [0.1, 0.15) is 25.3 Å². The van der Waals surface area contributed by atoms with Gasteiger partial charge in [-0.1, -0.05) is 43.3 Å². The number of aryl methyl sites for hydroxylation is 1. The molecule has 0 unspecified atom stereocenters. The van der Waals surface area contributed by atoms with E-state index in [0.717, 1.165) is 16.7 Å². The van der Waals surface area contributed by atoms with Crippen molar-refractivity contribution >= 4 is 11.8 Å². The normalized spacial score (nSPS) is 10.2. The molecule has 0 fully saturated rings. The van der Waals surface area contributed by atoms with Gasteiger partial charge in [0.25, 0.3) is 0 Å². The van der Waals surface area contributed by atoms with Crippen LogP contribution in [0.15, 0.2) is 48.5 Å². The van der Waals surface area contributed by atoms with Gasteiger partial charge in [0.05, 0.1) is 7.11 Å². The maximum atomic E-state index is 11.5. The Hall–Kier alpha value is -2.62. The summed E-state index contributed by atoms with van der Waals surface area (Å²) in [6.07, 6.45) is 1.39. The van der Waals surface area contributed by atoms with Crippen LogP contribution >= 0.6 is 0 Å². The summed E-state index contributed by atoms with van der Waals surface area (Å²) in [5, 5.41) is 0. The van der Waals surface area contributed by atoms with Crippen molar-refractivity contribution in [2.45, 2.75) is 26.2 Å². The molecule has 0 saturated carbocycles. The molecular formula is C20H22O4. The molecule has 0 aliphatic rings. The number of Topliss-reactive ketones (excluding diaryl/α,β-unsaturated/α-hetero) is 1. The summed E-state index contributed by atoms with van der Waals surface area (Å²) in [7, 11) is 1.39. The molecule has 0 aromatic heterocycles. The zero-order valence-corrected chi connectivity index (χ0v) is 14.1. The Labute approximate surface area is 142 Å². The molecule has 0 N–H and O–H groups in total. The number of methoxy groups -OCH3 is 1. The van der Waals surface area contributed by atoms with Crippen LogP contribution in [-0.2, 0) is 20.7 Å². The molecule has 0 atom stereocenters. The molecule has 0 radical (unpaired) electrons. The van der Waals surface area contributed by atoms with E-state index in [1.165, 1.54) is 7.11 Å². The van der Waals surface area contributed by atoms with Gasteiger partial charge in [-0.2, -0.15) is 0 Å². The average Bonchev–Trinajstić information content (AvgIpc) is 2.65. The van der Waals surface area contributed by atoms with Crippen molar-refractivity contribution in [1.29, 1.82) is 0 Å². The van der Waals surface area contributed by atoms with Crippen molar-refractivity contribution in [3.8, 4) is 16.9 Å². The van der Waals surface area contributed by atoms with Crippen LogP contribution in [0.3, 0.4) is 0 Å². The average molecular weight is 326 g/mol. The van der Waals surface area contributed by atoms with Crippen molar-refractivity contribution in [3.63, 3.8) is 0 Å². The lowest BCUT2D eigenvalue weighted by Crippen LogP contribution is -2.10. The summed E-state index contributed by atoms with van der Waals surface area (Å²) < 4.78 is 10.4. The third kappa shape index (κ3) is 4.95. The number of carbonyl (C=O) groups is 2. The van der Waals surface area contributed by atoms with Gasteiger partial charge in [-0.25, -0.2) is 0 Å². The highest BCUT2D eigenvalue weighted by Gasteiger charge is 2.10. The molecular weight excluding hydrogens is 304 g/mol. The quantitative estimate of drug-likeness (QED) is 0.692. The van der Waals surface area contributed by atoms with Crippen LogP contribution in [0.2, 0.25) is 0 Å². The zero-order valence-electron chi connectivity index (χ0n) is 14.1. The number of rotatable bonds is 8. The van der Waals surface area contributed by atoms with Crippen molar-refractivity contribution in [2.75, 3.05) is 13.7 Å². The highest BCUT2D eigenvalue weighted by molar-refractivity contribution is 5.80. The van der Waals surface area contributed by atoms with E-state index in [0.29, 0.717) is 25.0 Å². The fraction of sp³-hybridized carbons (Fsp3) is 0.300. The highest BCUT2D eigenvalue weighted by Crippen LogP contribution is 2.31. The van der Waals surface area contributed by atoms with Gasteiger partial charge < -0.3 is 9.47 Å². The van der Waals surface area contributed by atoms with Gasteiger partial charge in [-0.3, -0.25) is 9.59 Å². The van der Waals surface area contributed by atoms with Gasteiger partial charge in [0.2, 0.25) is 0 Å². The molecule has 0 aliphatic carbocycles. The molecule has 0 saturated heterocycles. The van der Waals surface area contributed by atoms with E-state index in [1.807, 2.05) is 55.5 Å². The molecule has 0 heterocycles. The van der Waals surface area contributed by atoms with Crippen molar-refractivity contribution in [1.82, 2.24) is 0 Å². The van der Waals surface area contributed by atoms with E-state index < -0.39 is 0 Å². The lowest BCUT2D eigenvalue weighted by Gasteiger charge is -2.13. The second-order valence-corrected chi connectivity index (χ2v) is 5.45. The first-order valence-electron chi connectivity index (χ1n) is 8.03. The Bertz CT molecular complexity index is 692. The first-order valence-corrected chi connectivity index (χ1v) is 8.03. The number of esters is 1. The standard InChI is InChI=1S/C20H22O4/c1-3-17(21)14-24-19-11-9-15(10-12-20(22)23-2)13-18(19)16-7-5-4-6-8-16/h4-9,11,13H,3,10,12,14H2,1-2H3. The fourth-order valence-corrected chi connectivity index (χ4v) is 2.31. The molecule has 0 aliphatic heterocycles. The fourth-order valence-electron chi connectivity index (χ4n) is 2.31. The Morgan fingerprint density at radius 1 is 1.04 bits per heavy atom. The number of hydrogen-bond acceptors (Lipinski definition) is 4. The lowest BCUT2D eigenvalue weighted by atomic mass is 10.00. The smallest absolute Gasteiger partial charge is 0.305 e. The van der Waals surface area contributed by atoms with Crippen LogP contribution in [0.4, 0.5) is 0 Å². The van der Waals surface area contributed by atoms with E-state index in [2.05, 4.69) is 4.74 Å². The summed E-state index contributed by atoms with van der Waals surface area (Å²) in [5.41, 5.74) is 2.95. The Morgan fingerprint density at radius 2 is 1.79 bits per heavy atom. The lowest BCUT2D eigenvalue weighted by molar-refractivity contribution is -0.140. The van der Waals surface area contributed by atoms with Gasteiger partial charge in [0, 0.05) is 18.4 Å².